The van der Waals surface area contributed by atoms with Gasteiger partial charge in [-0.15, -0.1) is 0 Å². The molecule has 1 unspecified atom stereocenters. The molecule has 4 nitrogen and oxygen atoms in total. The summed E-state index contributed by atoms with van der Waals surface area (Å²) in [5.74, 6) is 0.461. The zero-order valence-corrected chi connectivity index (χ0v) is 14.1. The Bertz CT molecular complexity index is 908. The fraction of sp³-hybridized carbons (Fsp3) is 0.381. The third-order valence-electron chi connectivity index (χ3n) is 5.96. The number of piperidine rings is 1. The number of aliphatic hydroxyl groups excluding tert-OH is 1. The third-order valence-corrected chi connectivity index (χ3v) is 5.96. The molecule has 1 amide bonds. The number of aliphatic hydroxyl groups is 1. The normalized spacial score (nSPS) is 23.9. The number of hydrogen-bond acceptors (Lipinski definition) is 2. The molecule has 1 N–H and O–H groups in total. The van der Waals surface area contributed by atoms with Crippen molar-refractivity contribution in [1.82, 2.24) is 9.47 Å². The van der Waals surface area contributed by atoms with Gasteiger partial charge in [0.25, 0.3) is 0 Å². The van der Waals surface area contributed by atoms with Gasteiger partial charge >= 0.3 is 0 Å². The van der Waals surface area contributed by atoms with Crippen molar-refractivity contribution in [2.75, 3.05) is 6.54 Å². The average molecular weight is 334 g/mol. The number of likely N-dealkylation sites (tertiary alicyclic amines) is 1. The summed E-state index contributed by atoms with van der Waals surface area (Å²) >= 11 is 0. The van der Waals surface area contributed by atoms with Crippen molar-refractivity contribution in [3.05, 3.63) is 48.5 Å². The third kappa shape index (κ3) is 2.28. The highest BCUT2D eigenvalue weighted by molar-refractivity contribution is 6.07. The predicted molar refractivity (Wildman–Crippen MR) is 98.3 cm³/mol. The minimum absolute atomic E-state index is 0.213. The summed E-state index contributed by atoms with van der Waals surface area (Å²) in [5.41, 5.74) is 2.27. The summed E-state index contributed by atoms with van der Waals surface area (Å²) in [5, 5.41) is 13.2. The lowest BCUT2D eigenvalue weighted by Crippen LogP contribution is -2.43. The Labute approximate surface area is 146 Å². The van der Waals surface area contributed by atoms with Crippen molar-refractivity contribution in [3.63, 3.8) is 0 Å². The average Bonchev–Trinajstić information content (AvgIpc) is 3.31. The van der Waals surface area contributed by atoms with Crippen LogP contribution in [0.2, 0.25) is 0 Å². The van der Waals surface area contributed by atoms with E-state index >= 15 is 0 Å². The van der Waals surface area contributed by atoms with Gasteiger partial charge in [0, 0.05) is 40.3 Å². The second kappa shape index (κ2) is 5.60. The molecule has 2 bridgehead atoms. The van der Waals surface area contributed by atoms with Gasteiger partial charge in [0.15, 0.2) is 0 Å². The van der Waals surface area contributed by atoms with E-state index in [0.717, 1.165) is 30.3 Å². The number of aromatic nitrogens is 1. The van der Waals surface area contributed by atoms with Gasteiger partial charge in [-0.05, 0) is 31.4 Å². The van der Waals surface area contributed by atoms with E-state index in [-0.39, 0.29) is 11.8 Å². The molecule has 5 rings (SSSR count). The molecule has 1 aliphatic heterocycles. The number of fused-ring (bicyclic) bond motifs is 5. The highest BCUT2D eigenvalue weighted by atomic mass is 16.3. The molecule has 2 fully saturated rings. The van der Waals surface area contributed by atoms with Crippen LogP contribution in [0.3, 0.4) is 0 Å². The SMILES string of the molecule is O=C1[C@@H]2CC[C@@H](C2)N1CC(O)Cn1c2ccccc2c2ccccc21. The standard InChI is InChI=1S/C21H22N2O2/c24-16(12-22-15-10-9-14(11-15)21(22)25)13-23-19-7-3-1-5-17(19)18-6-2-4-8-20(18)23/h1-8,14-16,24H,9-13H2/t14-,15+,16?/m1/s1. The van der Waals surface area contributed by atoms with Gasteiger partial charge in [-0.2, -0.15) is 0 Å². The van der Waals surface area contributed by atoms with Gasteiger partial charge in [-0.3, -0.25) is 4.79 Å². The van der Waals surface area contributed by atoms with Gasteiger partial charge < -0.3 is 14.6 Å². The molecule has 4 heteroatoms. The number of carbonyl (C=O) groups excluding carboxylic acids is 1. The van der Waals surface area contributed by atoms with E-state index in [4.69, 9.17) is 0 Å². The van der Waals surface area contributed by atoms with Gasteiger partial charge in [-0.1, -0.05) is 36.4 Å². The van der Waals surface area contributed by atoms with Crippen LogP contribution >= 0.6 is 0 Å². The van der Waals surface area contributed by atoms with Gasteiger partial charge in [0.1, 0.15) is 0 Å². The molecule has 2 heterocycles. The second-order valence-electron chi connectivity index (χ2n) is 7.45. The quantitative estimate of drug-likeness (QED) is 0.796. The molecule has 1 saturated carbocycles. The smallest absolute Gasteiger partial charge is 0.226 e. The highest BCUT2D eigenvalue weighted by Crippen LogP contribution is 2.38. The number of amides is 1. The number of carbonyl (C=O) groups is 1. The Morgan fingerprint density at radius 1 is 0.960 bits per heavy atom. The van der Waals surface area contributed by atoms with Crippen LogP contribution in [0.1, 0.15) is 19.3 Å². The topological polar surface area (TPSA) is 45.5 Å². The van der Waals surface area contributed by atoms with E-state index in [0.29, 0.717) is 19.1 Å². The molecule has 3 aromatic rings. The summed E-state index contributed by atoms with van der Waals surface area (Å²) in [6, 6.07) is 17.0. The summed E-state index contributed by atoms with van der Waals surface area (Å²) in [6.45, 7) is 0.954. The summed E-state index contributed by atoms with van der Waals surface area (Å²) in [6.07, 6.45) is 2.56. The molecule has 0 spiro atoms. The van der Waals surface area contributed by atoms with Crippen LogP contribution in [0.4, 0.5) is 0 Å². The number of benzene rings is 2. The zero-order valence-electron chi connectivity index (χ0n) is 14.1. The summed E-state index contributed by atoms with van der Waals surface area (Å²) in [7, 11) is 0. The van der Waals surface area contributed by atoms with Gasteiger partial charge in [0.05, 0.1) is 12.6 Å². The lowest BCUT2D eigenvalue weighted by atomic mass is 10.1. The molecule has 3 atom stereocenters. The minimum atomic E-state index is -0.553. The maximum absolute atomic E-state index is 12.3. The molecular weight excluding hydrogens is 312 g/mol. The zero-order chi connectivity index (χ0) is 17.0. The number of nitrogens with zero attached hydrogens (tertiary/aromatic N) is 2. The van der Waals surface area contributed by atoms with Crippen molar-refractivity contribution in [2.45, 2.75) is 38.0 Å². The Morgan fingerprint density at radius 2 is 1.60 bits per heavy atom. The van der Waals surface area contributed by atoms with Crippen LogP contribution in [0.25, 0.3) is 21.8 Å². The fourth-order valence-electron chi connectivity index (χ4n) is 4.81. The number of hydrogen-bond donors (Lipinski definition) is 1. The number of para-hydroxylation sites is 2. The van der Waals surface area contributed by atoms with Crippen molar-refractivity contribution in [1.29, 1.82) is 0 Å². The molecule has 2 aromatic carbocycles. The Balaban J connectivity index is 1.46. The van der Waals surface area contributed by atoms with E-state index in [1.54, 1.807) is 0 Å². The highest BCUT2D eigenvalue weighted by Gasteiger charge is 2.44. The van der Waals surface area contributed by atoms with Crippen LogP contribution in [0, 0.1) is 5.92 Å². The molecule has 0 radical (unpaired) electrons. The first kappa shape index (κ1) is 15.0. The first-order valence-electron chi connectivity index (χ1n) is 9.17. The first-order valence-corrected chi connectivity index (χ1v) is 9.17. The van der Waals surface area contributed by atoms with Crippen LogP contribution in [0.15, 0.2) is 48.5 Å². The maximum Gasteiger partial charge on any atom is 0.226 e. The van der Waals surface area contributed by atoms with Crippen molar-refractivity contribution >= 4 is 27.7 Å². The minimum Gasteiger partial charge on any atom is -0.389 e. The van der Waals surface area contributed by atoms with E-state index in [2.05, 4.69) is 41.0 Å². The van der Waals surface area contributed by atoms with E-state index in [9.17, 15) is 9.90 Å². The lowest BCUT2D eigenvalue weighted by Gasteiger charge is -2.29. The summed E-state index contributed by atoms with van der Waals surface area (Å²) in [4.78, 5) is 14.3. The van der Waals surface area contributed by atoms with Crippen LogP contribution in [-0.2, 0) is 11.3 Å². The van der Waals surface area contributed by atoms with E-state index in [1.807, 2.05) is 17.0 Å². The van der Waals surface area contributed by atoms with Crippen molar-refractivity contribution in [3.8, 4) is 0 Å². The Hall–Kier alpha value is -2.33. The molecule has 128 valence electrons. The summed E-state index contributed by atoms with van der Waals surface area (Å²) < 4.78 is 2.19. The number of rotatable bonds is 4. The largest absolute Gasteiger partial charge is 0.389 e. The molecule has 1 aromatic heterocycles. The number of β-amino-alcohol motifs (C(OH)–C–C–N with tert-alkyl or cyclic N) is 1. The molecule has 1 aliphatic carbocycles. The van der Waals surface area contributed by atoms with E-state index in [1.165, 1.54) is 10.8 Å². The van der Waals surface area contributed by atoms with Crippen LogP contribution in [0.5, 0.6) is 0 Å². The van der Waals surface area contributed by atoms with Crippen molar-refractivity contribution in [2.24, 2.45) is 5.92 Å². The molecule has 2 aliphatic rings. The maximum atomic E-state index is 12.3. The van der Waals surface area contributed by atoms with Crippen molar-refractivity contribution < 1.29 is 9.90 Å². The second-order valence-corrected chi connectivity index (χ2v) is 7.45. The molecule has 1 saturated heterocycles. The first-order chi connectivity index (χ1) is 12.2. The van der Waals surface area contributed by atoms with Gasteiger partial charge in [-0.25, -0.2) is 0 Å². The fourth-order valence-corrected chi connectivity index (χ4v) is 4.81. The lowest BCUT2D eigenvalue weighted by molar-refractivity contribution is -0.135. The van der Waals surface area contributed by atoms with Crippen LogP contribution in [-0.4, -0.2) is 39.2 Å². The Morgan fingerprint density at radius 3 is 2.20 bits per heavy atom. The van der Waals surface area contributed by atoms with Gasteiger partial charge in [0.2, 0.25) is 5.91 Å². The predicted octanol–water partition coefficient (Wildman–Crippen LogP) is 3.17. The Kier molecular flexibility index (Phi) is 3.35. The van der Waals surface area contributed by atoms with Crippen LogP contribution < -0.4 is 0 Å². The molecular formula is C21H22N2O2. The molecule has 25 heavy (non-hydrogen) atoms. The van der Waals surface area contributed by atoms with E-state index < -0.39 is 6.10 Å². The monoisotopic (exact) mass is 334 g/mol.